The maximum atomic E-state index is 6.08. The molecular formula is C13H18BrClN2O. The first-order chi connectivity index (χ1) is 8.58. The second-order valence-corrected chi connectivity index (χ2v) is 5.99. The van der Waals surface area contributed by atoms with Crippen LogP contribution in [0.15, 0.2) is 22.7 Å². The molecule has 0 aromatic heterocycles. The first-order valence-electron chi connectivity index (χ1n) is 6.13. The summed E-state index contributed by atoms with van der Waals surface area (Å²) < 4.78 is 6.49. The van der Waals surface area contributed by atoms with Crippen molar-refractivity contribution >= 4 is 33.2 Å². The number of ether oxygens (including phenoxy) is 1. The molecule has 100 valence electrons. The highest BCUT2D eigenvalue weighted by Gasteiger charge is 2.43. The van der Waals surface area contributed by atoms with Gasteiger partial charge in [-0.2, -0.15) is 0 Å². The Morgan fingerprint density at radius 3 is 2.83 bits per heavy atom. The molecule has 1 saturated carbocycles. The summed E-state index contributed by atoms with van der Waals surface area (Å²) in [6.07, 6.45) is 2.23. The number of benzene rings is 1. The molecule has 5 heteroatoms. The van der Waals surface area contributed by atoms with Gasteiger partial charge in [-0.05, 0) is 53.9 Å². The molecule has 1 aliphatic carbocycles. The molecule has 3 N–H and O–H groups in total. The lowest BCUT2D eigenvalue weighted by Gasteiger charge is -2.47. The van der Waals surface area contributed by atoms with Crippen molar-refractivity contribution in [3.8, 4) is 0 Å². The Kier molecular flexibility index (Phi) is 4.54. The molecule has 0 saturated heterocycles. The molecule has 1 fully saturated rings. The van der Waals surface area contributed by atoms with E-state index in [9.17, 15) is 0 Å². The van der Waals surface area contributed by atoms with Gasteiger partial charge in [0.1, 0.15) is 0 Å². The van der Waals surface area contributed by atoms with Crippen molar-refractivity contribution in [1.29, 1.82) is 0 Å². The summed E-state index contributed by atoms with van der Waals surface area (Å²) in [5.74, 6) is 0. The third-order valence-electron chi connectivity index (χ3n) is 3.36. The fourth-order valence-corrected chi connectivity index (χ4v) is 2.79. The highest BCUT2D eigenvalue weighted by atomic mass is 79.9. The second kappa shape index (κ2) is 5.78. The van der Waals surface area contributed by atoms with Gasteiger partial charge in [0.15, 0.2) is 0 Å². The molecule has 1 aromatic rings. The average molecular weight is 334 g/mol. The normalized spacial score (nSPS) is 26.8. The van der Waals surface area contributed by atoms with Crippen molar-refractivity contribution in [3.05, 3.63) is 27.7 Å². The summed E-state index contributed by atoms with van der Waals surface area (Å²) >= 11 is 9.47. The van der Waals surface area contributed by atoms with Gasteiger partial charge in [-0.1, -0.05) is 11.6 Å². The highest BCUT2D eigenvalue weighted by Crippen LogP contribution is 2.37. The Hall–Kier alpha value is -0.290. The lowest BCUT2D eigenvalue weighted by Crippen LogP contribution is -2.58. The molecule has 0 amide bonds. The van der Waals surface area contributed by atoms with Crippen molar-refractivity contribution in [3.63, 3.8) is 0 Å². The standard InChI is InChI=1S/C13H18BrClN2O/c1-2-18-10-6-13(7-10,8-16)17-9-3-4-11(14)12(15)5-9/h3-5,10,17H,2,6-8,16H2,1H3. The summed E-state index contributed by atoms with van der Waals surface area (Å²) in [5.41, 5.74) is 6.84. The van der Waals surface area contributed by atoms with Crippen molar-refractivity contribution in [2.24, 2.45) is 5.73 Å². The maximum Gasteiger partial charge on any atom is 0.0620 e. The van der Waals surface area contributed by atoms with E-state index in [1.54, 1.807) is 0 Å². The Morgan fingerprint density at radius 2 is 2.28 bits per heavy atom. The molecule has 0 aliphatic heterocycles. The zero-order chi connectivity index (χ0) is 13.2. The molecular weight excluding hydrogens is 316 g/mol. The molecule has 3 nitrogen and oxygen atoms in total. The van der Waals surface area contributed by atoms with Crippen LogP contribution in [0, 0.1) is 0 Å². The van der Waals surface area contributed by atoms with Crippen LogP contribution in [0.4, 0.5) is 5.69 Å². The molecule has 0 unspecified atom stereocenters. The summed E-state index contributed by atoms with van der Waals surface area (Å²) in [6.45, 7) is 3.38. The van der Waals surface area contributed by atoms with E-state index in [0.29, 0.717) is 17.7 Å². The van der Waals surface area contributed by atoms with E-state index in [-0.39, 0.29) is 5.54 Å². The summed E-state index contributed by atoms with van der Waals surface area (Å²) in [5, 5.41) is 4.19. The number of rotatable bonds is 5. The SMILES string of the molecule is CCOC1CC(CN)(Nc2ccc(Br)c(Cl)c2)C1. The van der Waals surface area contributed by atoms with Gasteiger partial charge >= 0.3 is 0 Å². The zero-order valence-electron chi connectivity index (χ0n) is 10.4. The predicted octanol–water partition coefficient (Wildman–Crippen LogP) is 3.41. The molecule has 0 atom stereocenters. The molecule has 0 radical (unpaired) electrons. The van der Waals surface area contributed by atoms with E-state index in [1.165, 1.54) is 0 Å². The third kappa shape index (κ3) is 2.99. The van der Waals surface area contributed by atoms with Crippen LogP contribution in [0.5, 0.6) is 0 Å². The number of hydrogen-bond donors (Lipinski definition) is 2. The first-order valence-corrected chi connectivity index (χ1v) is 7.30. The van der Waals surface area contributed by atoms with Crippen LogP contribution in [0.25, 0.3) is 0 Å². The largest absolute Gasteiger partial charge is 0.378 e. The van der Waals surface area contributed by atoms with Crippen LogP contribution < -0.4 is 11.1 Å². The fourth-order valence-electron chi connectivity index (χ4n) is 2.37. The molecule has 18 heavy (non-hydrogen) atoms. The van der Waals surface area contributed by atoms with E-state index >= 15 is 0 Å². The molecule has 2 rings (SSSR count). The van der Waals surface area contributed by atoms with Gasteiger partial charge in [-0.3, -0.25) is 0 Å². The van der Waals surface area contributed by atoms with Gasteiger partial charge in [-0.15, -0.1) is 0 Å². The minimum absolute atomic E-state index is 0.0446. The van der Waals surface area contributed by atoms with Crippen molar-refractivity contribution in [2.75, 3.05) is 18.5 Å². The number of nitrogens with two attached hydrogens (primary N) is 1. The van der Waals surface area contributed by atoms with Crippen LogP contribution in [0.1, 0.15) is 19.8 Å². The van der Waals surface area contributed by atoms with E-state index in [4.69, 9.17) is 22.1 Å². The topological polar surface area (TPSA) is 47.3 Å². The first kappa shape index (κ1) is 14.1. The van der Waals surface area contributed by atoms with E-state index in [1.807, 2.05) is 25.1 Å². The minimum atomic E-state index is -0.0446. The van der Waals surface area contributed by atoms with Gasteiger partial charge in [0, 0.05) is 23.3 Å². The highest BCUT2D eigenvalue weighted by molar-refractivity contribution is 9.10. The predicted molar refractivity (Wildman–Crippen MR) is 79.2 cm³/mol. The number of anilines is 1. The van der Waals surface area contributed by atoms with Gasteiger partial charge in [-0.25, -0.2) is 0 Å². The quantitative estimate of drug-likeness (QED) is 0.868. The minimum Gasteiger partial charge on any atom is -0.378 e. The Labute approximate surface area is 121 Å². The average Bonchev–Trinajstić information content (AvgIpc) is 2.31. The molecule has 0 spiro atoms. The second-order valence-electron chi connectivity index (χ2n) is 4.72. The van der Waals surface area contributed by atoms with Crippen molar-refractivity contribution in [2.45, 2.75) is 31.4 Å². The van der Waals surface area contributed by atoms with Crippen LogP contribution in [-0.2, 0) is 4.74 Å². The summed E-state index contributed by atoms with van der Waals surface area (Å²) in [4.78, 5) is 0. The van der Waals surface area contributed by atoms with Crippen LogP contribution in [0.2, 0.25) is 5.02 Å². The molecule has 1 aromatic carbocycles. The smallest absolute Gasteiger partial charge is 0.0620 e. The number of halogens is 2. The number of nitrogens with one attached hydrogen (secondary N) is 1. The Morgan fingerprint density at radius 1 is 1.56 bits per heavy atom. The Bertz CT molecular complexity index is 421. The maximum absolute atomic E-state index is 6.08. The van der Waals surface area contributed by atoms with E-state index in [2.05, 4.69) is 21.2 Å². The van der Waals surface area contributed by atoms with Crippen LogP contribution in [0.3, 0.4) is 0 Å². The number of hydrogen-bond acceptors (Lipinski definition) is 3. The van der Waals surface area contributed by atoms with E-state index < -0.39 is 0 Å². The monoisotopic (exact) mass is 332 g/mol. The zero-order valence-corrected chi connectivity index (χ0v) is 12.7. The van der Waals surface area contributed by atoms with Gasteiger partial charge in [0.05, 0.1) is 16.7 Å². The molecule has 1 aliphatic rings. The van der Waals surface area contributed by atoms with Gasteiger partial charge < -0.3 is 15.8 Å². The lowest BCUT2D eigenvalue weighted by molar-refractivity contribution is -0.0271. The summed E-state index contributed by atoms with van der Waals surface area (Å²) in [6, 6.07) is 5.85. The lowest BCUT2D eigenvalue weighted by atomic mass is 9.74. The Balaban J connectivity index is 2.01. The van der Waals surface area contributed by atoms with Gasteiger partial charge in [0.25, 0.3) is 0 Å². The molecule has 0 heterocycles. The summed E-state index contributed by atoms with van der Waals surface area (Å²) in [7, 11) is 0. The van der Waals surface area contributed by atoms with E-state index in [0.717, 1.165) is 29.6 Å². The van der Waals surface area contributed by atoms with Gasteiger partial charge in [0.2, 0.25) is 0 Å². The third-order valence-corrected chi connectivity index (χ3v) is 4.59. The van der Waals surface area contributed by atoms with Crippen LogP contribution >= 0.6 is 27.5 Å². The molecule has 0 bridgehead atoms. The van der Waals surface area contributed by atoms with Crippen molar-refractivity contribution in [1.82, 2.24) is 0 Å². The van der Waals surface area contributed by atoms with Crippen molar-refractivity contribution < 1.29 is 4.74 Å². The fraction of sp³-hybridized carbons (Fsp3) is 0.538. The van der Waals surface area contributed by atoms with Crippen LogP contribution in [-0.4, -0.2) is 24.8 Å².